The maximum atomic E-state index is 12.1. The van der Waals surface area contributed by atoms with Crippen molar-refractivity contribution in [2.45, 2.75) is 26.4 Å². The van der Waals surface area contributed by atoms with Crippen LogP contribution in [0.3, 0.4) is 0 Å². The topological polar surface area (TPSA) is 104 Å². The molecule has 1 atom stereocenters. The molecule has 0 radical (unpaired) electrons. The van der Waals surface area contributed by atoms with E-state index in [0.717, 1.165) is 46.3 Å². The van der Waals surface area contributed by atoms with Crippen molar-refractivity contribution in [3.05, 3.63) is 42.4 Å². The summed E-state index contributed by atoms with van der Waals surface area (Å²) in [7, 11) is 1.99. The first-order valence-electron chi connectivity index (χ1n) is 10.8. The van der Waals surface area contributed by atoms with Crippen molar-refractivity contribution < 1.29 is 9.53 Å². The fourth-order valence-corrected chi connectivity index (χ4v) is 4.42. The third kappa shape index (κ3) is 3.48. The number of amides is 1. The number of likely N-dealkylation sites (N-methyl/N-ethyl adjacent to an activating group) is 1. The van der Waals surface area contributed by atoms with Crippen molar-refractivity contribution in [1.82, 2.24) is 29.2 Å². The molecule has 0 saturated carbocycles. The summed E-state index contributed by atoms with van der Waals surface area (Å²) in [5.74, 6) is 1.69. The molecule has 5 rings (SSSR count). The van der Waals surface area contributed by atoms with Gasteiger partial charge in [-0.05, 0) is 44.2 Å². The molecule has 1 aromatic carbocycles. The number of rotatable bonds is 4. The predicted octanol–water partition coefficient (Wildman–Crippen LogP) is 2.21. The second-order valence-corrected chi connectivity index (χ2v) is 8.66. The predicted molar refractivity (Wildman–Crippen MR) is 121 cm³/mol. The van der Waals surface area contributed by atoms with Crippen LogP contribution in [0.4, 0.5) is 0 Å². The Morgan fingerprint density at radius 3 is 2.91 bits per heavy atom. The number of ether oxygens (including phenoxy) is 1. The first-order chi connectivity index (χ1) is 15.4. The van der Waals surface area contributed by atoms with Gasteiger partial charge in [-0.15, -0.1) is 0 Å². The van der Waals surface area contributed by atoms with Crippen LogP contribution >= 0.6 is 0 Å². The van der Waals surface area contributed by atoms with E-state index >= 15 is 0 Å². The maximum Gasteiger partial charge on any atom is 0.226 e. The summed E-state index contributed by atoms with van der Waals surface area (Å²) in [6.45, 7) is 6.74. The van der Waals surface area contributed by atoms with Crippen LogP contribution in [0.25, 0.3) is 28.5 Å². The quantitative estimate of drug-likeness (QED) is 0.677. The summed E-state index contributed by atoms with van der Waals surface area (Å²) in [5, 5.41) is 4.34. The minimum Gasteiger partial charge on any atom is -0.491 e. The Kier molecular flexibility index (Phi) is 5.05. The third-order valence-electron chi connectivity index (χ3n) is 6.05. The van der Waals surface area contributed by atoms with Gasteiger partial charge >= 0.3 is 0 Å². The molecule has 2 aliphatic rings. The van der Waals surface area contributed by atoms with Crippen LogP contribution in [-0.2, 0) is 11.3 Å². The fourth-order valence-electron chi connectivity index (χ4n) is 4.42. The van der Waals surface area contributed by atoms with Gasteiger partial charge in [0.2, 0.25) is 5.91 Å². The van der Waals surface area contributed by atoms with E-state index in [1.54, 1.807) is 6.33 Å². The molecule has 2 N–H and O–H groups in total. The standard InChI is InChI=1S/C23H27N7O2/c1-14(2)30-23(25-13-26-30)19-12-29-8-9-32-20-10-15(4-5-17(20)22(29)27-19)16-6-7-28(3)11-18(16)21(24)31/h4-6,10,12-14,18H,7-9,11H2,1-3H3,(H2,24,31). The highest BCUT2D eigenvalue weighted by molar-refractivity contribution is 5.92. The Morgan fingerprint density at radius 2 is 2.12 bits per heavy atom. The van der Waals surface area contributed by atoms with E-state index in [1.165, 1.54) is 0 Å². The van der Waals surface area contributed by atoms with Crippen molar-refractivity contribution in [3.63, 3.8) is 0 Å². The molecule has 166 valence electrons. The van der Waals surface area contributed by atoms with Gasteiger partial charge in [-0.1, -0.05) is 12.1 Å². The smallest absolute Gasteiger partial charge is 0.226 e. The summed E-state index contributed by atoms with van der Waals surface area (Å²) < 4.78 is 10.1. The Balaban J connectivity index is 1.55. The van der Waals surface area contributed by atoms with E-state index in [1.807, 2.05) is 36.1 Å². The molecule has 2 aromatic heterocycles. The van der Waals surface area contributed by atoms with E-state index in [0.29, 0.717) is 19.7 Å². The first-order valence-corrected chi connectivity index (χ1v) is 10.8. The molecule has 0 aliphatic carbocycles. The minimum absolute atomic E-state index is 0.188. The van der Waals surface area contributed by atoms with Crippen molar-refractivity contribution in [2.75, 3.05) is 26.7 Å². The van der Waals surface area contributed by atoms with Crippen LogP contribution in [0.15, 0.2) is 36.8 Å². The lowest BCUT2D eigenvalue weighted by Gasteiger charge is -2.29. The largest absolute Gasteiger partial charge is 0.491 e. The highest BCUT2D eigenvalue weighted by Gasteiger charge is 2.28. The first kappa shape index (κ1) is 20.4. The molecular weight excluding hydrogens is 406 g/mol. The van der Waals surface area contributed by atoms with Gasteiger partial charge < -0.3 is 19.9 Å². The SMILES string of the molecule is CC(C)n1ncnc1-c1cn2c(n1)-c1ccc(C3=CCN(C)CC3C(N)=O)cc1OCC2. The molecule has 4 heterocycles. The van der Waals surface area contributed by atoms with Crippen molar-refractivity contribution >= 4 is 11.5 Å². The van der Waals surface area contributed by atoms with Gasteiger partial charge in [-0.25, -0.2) is 14.6 Å². The second-order valence-electron chi connectivity index (χ2n) is 8.66. The molecule has 1 unspecified atom stereocenters. The number of hydrogen-bond acceptors (Lipinski definition) is 6. The molecule has 0 fully saturated rings. The average Bonchev–Trinajstić information content (AvgIpc) is 3.38. The van der Waals surface area contributed by atoms with Gasteiger partial charge in [-0.3, -0.25) is 4.79 Å². The molecule has 0 bridgehead atoms. The number of fused-ring (bicyclic) bond motifs is 3. The minimum atomic E-state index is -0.339. The van der Waals surface area contributed by atoms with Crippen LogP contribution in [0.5, 0.6) is 5.75 Å². The third-order valence-corrected chi connectivity index (χ3v) is 6.05. The second kappa shape index (κ2) is 7.90. The van der Waals surface area contributed by atoms with E-state index in [-0.39, 0.29) is 17.9 Å². The number of primary amides is 1. The summed E-state index contributed by atoms with van der Waals surface area (Å²) >= 11 is 0. The number of nitrogens with two attached hydrogens (primary N) is 1. The molecule has 9 nitrogen and oxygen atoms in total. The average molecular weight is 434 g/mol. The van der Waals surface area contributed by atoms with Crippen LogP contribution in [0.2, 0.25) is 0 Å². The van der Waals surface area contributed by atoms with E-state index in [9.17, 15) is 4.79 Å². The van der Waals surface area contributed by atoms with E-state index in [2.05, 4.69) is 39.5 Å². The molecule has 2 aliphatic heterocycles. The van der Waals surface area contributed by atoms with Gasteiger partial charge in [0, 0.05) is 25.3 Å². The Labute approximate surface area is 186 Å². The summed E-state index contributed by atoms with van der Waals surface area (Å²) in [6, 6.07) is 6.23. The summed E-state index contributed by atoms with van der Waals surface area (Å²) in [6.07, 6.45) is 5.65. The number of hydrogen-bond donors (Lipinski definition) is 1. The lowest BCUT2D eigenvalue weighted by molar-refractivity contribution is -0.120. The molecule has 0 spiro atoms. The molecular formula is C23H27N7O2. The van der Waals surface area contributed by atoms with E-state index in [4.69, 9.17) is 15.5 Å². The number of imidazole rings is 1. The number of carbonyl (C=O) groups is 1. The zero-order valence-electron chi connectivity index (χ0n) is 18.5. The number of benzene rings is 1. The monoisotopic (exact) mass is 433 g/mol. The van der Waals surface area contributed by atoms with Crippen molar-refractivity contribution in [3.8, 4) is 28.7 Å². The van der Waals surface area contributed by atoms with Gasteiger partial charge in [0.15, 0.2) is 5.82 Å². The number of carbonyl (C=O) groups excluding carboxylic acids is 1. The Bertz CT molecular complexity index is 1210. The van der Waals surface area contributed by atoms with Gasteiger partial charge in [0.1, 0.15) is 30.2 Å². The van der Waals surface area contributed by atoms with Crippen LogP contribution in [0.1, 0.15) is 25.5 Å². The highest BCUT2D eigenvalue weighted by Crippen LogP contribution is 2.37. The molecule has 3 aromatic rings. The van der Waals surface area contributed by atoms with Crippen LogP contribution in [0, 0.1) is 5.92 Å². The van der Waals surface area contributed by atoms with Crippen molar-refractivity contribution in [1.29, 1.82) is 0 Å². The Morgan fingerprint density at radius 1 is 1.28 bits per heavy atom. The molecule has 32 heavy (non-hydrogen) atoms. The number of nitrogens with zero attached hydrogens (tertiary/aromatic N) is 6. The zero-order valence-corrected chi connectivity index (χ0v) is 18.5. The zero-order chi connectivity index (χ0) is 22.4. The van der Waals surface area contributed by atoms with Crippen molar-refractivity contribution in [2.24, 2.45) is 11.7 Å². The maximum absolute atomic E-state index is 12.1. The molecule has 1 amide bonds. The number of aromatic nitrogens is 5. The van der Waals surface area contributed by atoms with Gasteiger partial charge in [0.05, 0.1) is 18.0 Å². The van der Waals surface area contributed by atoms with Gasteiger partial charge in [-0.2, -0.15) is 5.10 Å². The van der Waals surface area contributed by atoms with E-state index < -0.39 is 0 Å². The summed E-state index contributed by atoms with van der Waals surface area (Å²) in [4.78, 5) is 23.5. The summed E-state index contributed by atoms with van der Waals surface area (Å²) in [5.41, 5.74) is 9.32. The fraction of sp³-hybridized carbons (Fsp3) is 0.391. The van der Waals surface area contributed by atoms with Crippen LogP contribution < -0.4 is 10.5 Å². The lowest BCUT2D eigenvalue weighted by Crippen LogP contribution is -2.38. The Hall–Kier alpha value is -3.46. The molecule has 0 saturated heterocycles. The highest BCUT2D eigenvalue weighted by atomic mass is 16.5. The lowest BCUT2D eigenvalue weighted by atomic mass is 9.88. The normalized spacial score (nSPS) is 18.5. The molecule has 9 heteroatoms. The van der Waals surface area contributed by atoms with Gasteiger partial charge in [0.25, 0.3) is 0 Å². The van der Waals surface area contributed by atoms with Crippen LogP contribution in [-0.4, -0.2) is 61.9 Å².